The van der Waals surface area contributed by atoms with Gasteiger partial charge in [-0.1, -0.05) is 18.2 Å². The lowest BCUT2D eigenvalue weighted by molar-refractivity contribution is 0.186. The van der Waals surface area contributed by atoms with E-state index in [1.807, 2.05) is 47.5 Å². The molecule has 0 unspecified atom stereocenters. The van der Waals surface area contributed by atoms with E-state index in [0.717, 1.165) is 17.9 Å². The second-order valence-electron chi connectivity index (χ2n) is 6.60. The van der Waals surface area contributed by atoms with E-state index in [9.17, 15) is 5.11 Å². The van der Waals surface area contributed by atoms with E-state index in [2.05, 4.69) is 20.9 Å². The monoisotopic (exact) mass is 394 g/mol. The molecule has 0 spiro atoms. The van der Waals surface area contributed by atoms with Gasteiger partial charge in [0.05, 0.1) is 24.0 Å². The molecule has 3 aromatic rings. The first kappa shape index (κ1) is 18.5. The predicted molar refractivity (Wildman–Crippen MR) is 112 cm³/mol. The molecule has 144 valence electrons. The van der Waals surface area contributed by atoms with Gasteiger partial charge in [-0.05, 0) is 48.6 Å². The summed E-state index contributed by atoms with van der Waals surface area (Å²) in [5, 5.41) is 14.5. The Kier molecular flexibility index (Phi) is 5.27. The lowest BCUT2D eigenvalue weighted by Gasteiger charge is -2.29. The molecular weight excluding hydrogens is 372 g/mol. The third-order valence-electron chi connectivity index (χ3n) is 4.94. The molecule has 0 radical (unpaired) electrons. The van der Waals surface area contributed by atoms with Crippen LogP contribution in [0.15, 0.2) is 67.0 Å². The van der Waals surface area contributed by atoms with E-state index in [-0.39, 0.29) is 17.8 Å². The first-order valence-corrected chi connectivity index (χ1v) is 9.54. The van der Waals surface area contributed by atoms with Crippen molar-refractivity contribution in [1.82, 2.24) is 14.9 Å². The van der Waals surface area contributed by atoms with Crippen LogP contribution in [0.2, 0.25) is 0 Å². The van der Waals surface area contributed by atoms with Crippen LogP contribution in [0, 0.1) is 0 Å². The first-order chi connectivity index (χ1) is 13.7. The van der Waals surface area contributed by atoms with E-state index >= 15 is 0 Å². The Balaban J connectivity index is 1.83. The van der Waals surface area contributed by atoms with Crippen molar-refractivity contribution in [3.63, 3.8) is 0 Å². The Morgan fingerprint density at radius 3 is 2.71 bits per heavy atom. The van der Waals surface area contributed by atoms with Crippen molar-refractivity contribution in [2.24, 2.45) is 0 Å². The van der Waals surface area contributed by atoms with E-state index in [1.54, 1.807) is 25.4 Å². The first-order valence-electron chi connectivity index (χ1n) is 9.13. The van der Waals surface area contributed by atoms with Crippen molar-refractivity contribution in [3.8, 4) is 5.75 Å². The molecule has 1 aliphatic heterocycles. The molecule has 1 saturated heterocycles. The van der Waals surface area contributed by atoms with Crippen molar-refractivity contribution in [2.75, 3.05) is 18.6 Å². The minimum absolute atomic E-state index is 0.149. The summed E-state index contributed by atoms with van der Waals surface area (Å²) in [6.07, 6.45) is 3.82. The smallest absolute Gasteiger partial charge is 0.174 e. The summed E-state index contributed by atoms with van der Waals surface area (Å²) in [6, 6.07) is 16.9. The average molecular weight is 395 g/mol. The number of thiocarbonyl (C=S) groups is 1. The molecule has 1 fully saturated rings. The second-order valence-corrected chi connectivity index (χ2v) is 6.99. The highest BCUT2D eigenvalue weighted by Crippen LogP contribution is 2.44. The number of rotatable bonds is 6. The molecule has 2 aromatic heterocycles. The van der Waals surface area contributed by atoms with Crippen LogP contribution in [0.4, 0.5) is 5.69 Å². The molecule has 2 atom stereocenters. The van der Waals surface area contributed by atoms with Crippen LogP contribution in [-0.2, 0) is 11.3 Å². The summed E-state index contributed by atoms with van der Waals surface area (Å²) >= 11 is 5.68. The lowest BCUT2D eigenvalue weighted by atomic mass is 10.0. The van der Waals surface area contributed by atoms with Crippen LogP contribution in [0.25, 0.3) is 0 Å². The zero-order valence-electron chi connectivity index (χ0n) is 15.5. The molecule has 6 nitrogen and oxygen atoms in total. The van der Waals surface area contributed by atoms with E-state index in [0.29, 0.717) is 17.4 Å². The van der Waals surface area contributed by atoms with Crippen molar-refractivity contribution in [1.29, 1.82) is 0 Å². The van der Waals surface area contributed by atoms with Crippen LogP contribution in [0.3, 0.4) is 0 Å². The number of benzene rings is 1. The molecular formula is C21H22N4O2S. The lowest BCUT2D eigenvalue weighted by Crippen LogP contribution is -2.30. The van der Waals surface area contributed by atoms with Gasteiger partial charge in [0.15, 0.2) is 5.11 Å². The van der Waals surface area contributed by atoms with Crippen molar-refractivity contribution >= 4 is 23.0 Å². The highest BCUT2D eigenvalue weighted by Gasteiger charge is 2.42. The Morgan fingerprint density at radius 2 is 1.96 bits per heavy atom. The number of anilines is 1. The summed E-state index contributed by atoms with van der Waals surface area (Å²) < 4.78 is 7.43. The van der Waals surface area contributed by atoms with Crippen LogP contribution in [-0.4, -0.2) is 33.5 Å². The van der Waals surface area contributed by atoms with Gasteiger partial charge in [0.25, 0.3) is 0 Å². The summed E-state index contributed by atoms with van der Waals surface area (Å²) in [5.41, 5.74) is 2.64. The molecule has 0 bridgehead atoms. The highest BCUT2D eigenvalue weighted by molar-refractivity contribution is 7.80. The molecule has 28 heavy (non-hydrogen) atoms. The molecule has 7 heteroatoms. The van der Waals surface area contributed by atoms with E-state index in [4.69, 9.17) is 17.0 Å². The van der Waals surface area contributed by atoms with Gasteiger partial charge >= 0.3 is 0 Å². The number of aromatic hydroxyl groups is 1. The SMILES string of the molecule is COCCn1cccc1[C@H]1[C@H](c2ccccn2)NC(=S)N1c1ccccc1O. The highest BCUT2D eigenvalue weighted by atomic mass is 32.1. The second kappa shape index (κ2) is 8.00. The van der Waals surface area contributed by atoms with Gasteiger partial charge in [-0.25, -0.2) is 0 Å². The molecule has 0 amide bonds. The van der Waals surface area contributed by atoms with Crippen LogP contribution in [0.5, 0.6) is 5.75 Å². The number of nitrogens with one attached hydrogen (secondary N) is 1. The minimum atomic E-state index is -0.164. The number of hydrogen-bond acceptors (Lipinski definition) is 4. The number of hydrogen-bond donors (Lipinski definition) is 2. The van der Waals surface area contributed by atoms with Crippen LogP contribution < -0.4 is 10.2 Å². The fraction of sp³-hybridized carbons (Fsp3) is 0.238. The van der Waals surface area contributed by atoms with Crippen LogP contribution >= 0.6 is 12.2 Å². The Labute approximate surface area is 169 Å². The van der Waals surface area contributed by atoms with Gasteiger partial charge in [-0.15, -0.1) is 0 Å². The molecule has 1 aromatic carbocycles. The normalized spacial score (nSPS) is 19.0. The van der Waals surface area contributed by atoms with Crippen molar-refractivity contribution in [2.45, 2.75) is 18.6 Å². The Hall–Kier alpha value is -2.90. The summed E-state index contributed by atoms with van der Waals surface area (Å²) in [4.78, 5) is 6.53. The van der Waals surface area contributed by atoms with Crippen molar-refractivity contribution < 1.29 is 9.84 Å². The van der Waals surface area contributed by atoms with Gasteiger partial charge in [-0.2, -0.15) is 0 Å². The number of phenols is 1. The number of nitrogens with zero attached hydrogens (tertiary/aromatic N) is 3. The molecule has 0 aliphatic carbocycles. The number of methoxy groups -OCH3 is 1. The number of para-hydroxylation sites is 2. The van der Waals surface area contributed by atoms with Gasteiger partial charge < -0.3 is 24.6 Å². The maximum atomic E-state index is 10.5. The fourth-order valence-electron chi connectivity index (χ4n) is 3.67. The summed E-state index contributed by atoms with van der Waals surface area (Å²) in [5.74, 6) is 0.188. The summed E-state index contributed by atoms with van der Waals surface area (Å²) in [7, 11) is 1.69. The fourth-order valence-corrected chi connectivity index (χ4v) is 4.01. The zero-order valence-corrected chi connectivity index (χ0v) is 16.3. The number of aromatic nitrogens is 2. The van der Waals surface area contributed by atoms with Gasteiger partial charge in [0.2, 0.25) is 0 Å². The minimum Gasteiger partial charge on any atom is -0.506 e. The van der Waals surface area contributed by atoms with E-state index < -0.39 is 0 Å². The third-order valence-corrected chi connectivity index (χ3v) is 5.26. The molecule has 2 N–H and O–H groups in total. The van der Waals surface area contributed by atoms with E-state index in [1.165, 1.54) is 0 Å². The zero-order chi connectivity index (χ0) is 19.5. The largest absolute Gasteiger partial charge is 0.506 e. The molecule has 4 rings (SSSR count). The van der Waals surface area contributed by atoms with Crippen molar-refractivity contribution in [3.05, 3.63) is 78.4 Å². The van der Waals surface area contributed by atoms with Crippen LogP contribution in [0.1, 0.15) is 23.5 Å². The maximum Gasteiger partial charge on any atom is 0.174 e. The number of phenolic OH excluding ortho intramolecular Hbond substituents is 1. The molecule has 3 heterocycles. The van der Waals surface area contributed by atoms with Gasteiger partial charge in [0.1, 0.15) is 11.8 Å². The third kappa shape index (κ3) is 3.34. The number of ether oxygens (including phenoxy) is 1. The topological polar surface area (TPSA) is 62.5 Å². The standard InChI is InChI=1S/C21H22N4O2S/c1-27-14-13-24-12-6-9-17(24)20-19(15-7-4-5-11-22-15)23-21(28)25(20)16-8-2-3-10-18(16)26/h2-12,19-20,26H,13-14H2,1H3,(H,23,28)/t19-,20-/m0/s1. The van der Waals surface area contributed by atoms with Gasteiger partial charge in [0, 0.05) is 31.7 Å². The molecule has 1 aliphatic rings. The van der Waals surface area contributed by atoms with Gasteiger partial charge in [-0.3, -0.25) is 4.98 Å². The number of pyridine rings is 1. The summed E-state index contributed by atoms with van der Waals surface area (Å²) in [6.45, 7) is 1.34. The Bertz CT molecular complexity index is 960. The molecule has 0 saturated carbocycles. The maximum absolute atomic E-state index is 10.5. The Morgan fingerprint density at radius 1 is 1.14 bits per heavy atom. The quantitative estimate of drug-likeness (QED) is 0.625. The average Bonchev–Trinajstić information content (AvgIpc) is 3.31. The predicted octanol–water partition coefficient (Wildman–Crippen LogP) is 3.41.